The third-order valence-electron chi connectivity index (χ3n) is 3.10. The van der Waals surface area contributed by atoms with Crippen LogP contribution >= 0.6 is 11.3 Å². The van der Waals surface area contributed by atoms with Crippen molar-refractivity contribution in [1.82, 2.24) is 9.88 Å². The van der Waals surface area contributed by atoms with Crippen molar-refractivity contribution in [1.29, 1.82) is 0 Å². The molecule has 0 bridgehead atoms. The summed E-state index contributed by atoms with van der Waals surface area (Å²) in [6.07, 6.45) is 1.75. The first kappa shape index (κ1) is 13.5. The van der Waals surface area contributed by atoms with Crippen molar-refractivity contribution in [2.45, 2.75) is 12.8 Å². The van der Waals surface area contributed by atoms with Crippen LogP contribution in [0.5, 0.6) is 0 Å². The Morgan fingerprint density at radius 2 is 2.56 bits per heavy atom. The molecule has 2 rings (SSSR count). The van der Waals surface area contributed by atoms with Gasteiger partial charge in [-0.1, -0.05) is 0 Å². The maximum atomic E-state index is 12.2. The Bertz CT molecular complexity index is 408. The lowest BCUT2D eigenvalue weighted by Gasteiger charge is -2.14. The molecule has 1 aromatic rings. The van der Waals surface area contributed by atoms with Gasteiger partial charge in [0.1, 0.15) is 5.69 Å². The van der Waals surface area contributed by atoms with E-state index in [0.717, 1.165) is 37.5 Å². The minimum atomic E-state index is 0.0353. The summed E-state index contributed by atoms with van der Waals surface area (Å²) < 4.78 is 5.13. The molecule has 6 heteroatoms. The van der Waals surface area contributed by atoms with Crippen molar-refractivity contribution in [3.8, 4) is 0 Å². The summed E-state index contributed by atoms with van der Waals surface area (Å²) in [5.41, 5.74) is 6.03. The molecule has 1 unspecified atom stereocenters. The second kappa shape index (κ2) is 6.26. The van der Waals surface area contributed by atoms with E-state index in [2.05, 4.69) is 4.98 Å². The fourth-order valence-electron chi connectivity index (χ4n) is 2.20. The Labute approximate surface area is 111 Å². The lowest BCUT2D eigenvalue weighted by Crippen LogP contribution is -2.29. The van der Waals surface area contributed by atoms with Gasteiger partial charge >= 0.3 is 0 Å². The molecule has 1 aromatic heterocycles. The number of thiazole rings is 1. The average molecular weight is 269 g/mol. The van der Waals surface area contributed by atoms with E-state index < -0.39 is 0 Å². The maximum absolute atomic E-state index is 12.2. The molecule has 0 aromatic carbocycles. The van der Waals surface area contributed by atoms with Crippen LogP contribution in [0.2, 0.25) is 0 Å². The zero-order chi connectivity index (χ0) is 13.0. The lowest BCUT2D eigenvalue weighted by atomic mass is 10.1. The Balaban J connectivity index is 1.94. The summed E-state index contributed by atoms with van der Waals surface area (Å²) in [7, 11) is 1.70. The van der Waals surface area contributed by atoms with Crippen molar-refractivity contribution in [3.05, 3.63) is 16.1 Å². The fraction of sp³-hybridized carbons (Fsp3) is 0.667. The van der Waals surface area contributed by atoms with Crippen LogP contribution < -0.4 is 5.73 Å². The van der Waals surface area contributed by atoms with Gasteiger partial charge in [-0.25, -0.2) is 4.98 Å². The van der Waals surface area contributed by atoms with E-state index in [9.17, 15) is 4.79 Å². The lowest BCUT2D eigenvalue weighted by molar-refractivity contribution is 0.0770. The van der Waals surface area contributed by atoms with Crippen LogP contribution in [0.25, 0.3) is 0 Å². The van der Waals surface area contributed by atoms with Gasteiger partial charge in [-0.3, -0.25) is 4.79 Å². The smallest absolute Gasteiger partial charge is 0.273 e. The summed E-state index contributed by atoms with van der Waals surface area (Å²) in [6, 6.07) is 0. The van der Waals surface area contributed by atoms with Gasteiger partial charge < -0.3 is 15.4 Å². The van der Waals surface area contributed by atoms with E-state index in [0.29, 0.717) is 18.2 Å². The Hall–Kier alpha value is -0.980. The summed E-state index contributed by atoms with van der Waals surface area (Å²) in [5.74, 6) is 0.495. The van der Waals surface area contributed by atoms with Gasteiger partial charge in [-0.15, -0.1) is 11.3 Å². The molecular formula is C12H19N3O2S. The normalized spacial score (nSPS) is 19.4. The Kier molecular flexibility index (Phi) is 4.68. The summed E-state index contributed by atoms with van der Waals surface area (Å²) in [4.78, 5) is 18.4. The SMILES string of the molecule is COCC1CCN(C(=O)c2csc(CCN)n2)C1. The molecule has 5 nitrogen and oxygen atoms in total. The number of nitrogens with two attached hydrogens (primary N) is 1. The van der Waals surface area contributed by atoms with E-state index in [-0.39, 0.29) is 5.91 Å². The molecule has 2 N–H and O–H groups in total. The topological polar surface area (TPSA) is 68.5 Å². The van der Waals surface area contributed by atoms with E-state index in [4.69, 9.17) is 10.5 Å². The maximum Gasteiger partial charge on any atom is 0.273 e. The predicted octanol–water partition coefficient (Wildman–Crippen LogP) is 0.753. The number of likely N-dealkylation sites (tertiary alicyclic amines) is 1. The van der Waals surface area contributed by atoms with Crippen LogP contribution in [0, 0.1) is 5.92 Å². The highest BCUT2D eigenvalue weighted by Crippen LogP contribution is 2.20. The number of hydrogen-bond acceptors (Lipinski definition) is 5. The van der Waals surface area contributed by atoms with Gasteiger partial charge in [0, 0.05) is 37.9 Å². The first-order valence-corrected chi connectivity index (χ1v) is 7.05. The number of nitrogens with zero attached hydrogens (tertiary/aromatic N) is 2. The van der Waals surface area contributed by atoms with Gasteiger partial charge in [0.25, 0.3) is 5.91 Å². The van der Waals surface area contributed by atoms with Crippen molar-refractivity contribution in [3.63, 3.8) is 0 Å². The van der Waals surface area contributed by atoms with Crippen LogP contribution in [0.4, 0.5) is 0 Å². The molecule has 18 heavy (non-hydrogen) atoms. The third kappa shape index (κ3) is 3.07. The van der Waals surface area contributed by atoms with Gasteiger partial charge in [-0.2, -0.15) is 0 Å². The molecule has 0 radical (unpaired) electrons. The molecule has 1 aliphatic rings. The number of carbonyl (C=O) groups excluding carboxylic acids is 1. The van der Waals surface area contributed by atoms with Crippen LogP contribution in [-0.2, 0) is 11.2 Å². The molecular weight excluding hydrogens is 250 g/mol. The van der Waals surface area contributed by atoms with E-state index >= 15 is 0 Å². The van der Waals surface area contributed by atoms with Crippen molar-refractivity contribution in [2.75, 3.05) is 33.4 Å². The minimum Gasteiger partial charge on any atom is -0.384 e. The van der Waals surface area contributed by atoms with Crippen molar-refractivity contribution < 1.29 is 9.53 Å². The monoisotopic (exact) mass is 269 g/mol. The van der Waals surface area contributed by atoms with Crippen LogP contribution in [0.1, 0.15) is 21.9 Å². The molecule has 1 atom stereocenters. The number of hydrogen-bond donors (Lipinski definition) is 1. The largest absolute Gasteiger partial charge is 0.384 e. The van der Waals surface area contributed by atoms with Gasteiger partial charge in [0.2, 0.25) is 0 Å². The Morgan fingerprint density at radius 3 is 3.28 bits per heavy atom. The second-order valence-corrected chi connectivity index (χ2v) is 5.47. The number of methoxy groups -OCH3 is 1. The van der Waals surface area contributed by atoms with Crippen LogP contribution in [-0.4, -0.2) is 49.1 Å². The molecule has 1 amide bonds. The van der Waals surface area contributed by atoms with Gasteiger partial charge in [0.05, 0.1) is 11.6 Å². The van der Waals surface area contributed by atoms with Crippen LogP contribution in [0.15, 0.2) is 5.38 Å². The number of ether oxygens (including phenoxy) is 1. The number of rotatable bonds is 5. The molecule has 2 heterocycles. The molecule has 0 spiro atoms. The first-order chi connectivity index (χ1) is 8.74. The predicted molar refractivity (Wildman–Crippen MR) is 70.8 cm³/mol. The first-order valence-electron chi connectivity index (χ1n) is 6.17. The van der Waals surface area contributed by atoms with Crippen LogP contribution in [0.3, 0.4) is 0 Å². The second-order valence-electron chi connectivity index (χ2n) is 4.53. The highest BCUT2D eigenvalue weighted by Gasteiger charge is 2.27. The standard InChI is InChI=1S/C12H19N3O2S/c1-17-7-9-3-5-15(6-9)12(16)10-8-18-11(14-10)2-4-13/h8-9H,2-7,13H2,1H3. The quantitative estimate of drug-likeness (QED) is 0.856. The molecule has 1 aliphatic heterocycles. The third-order valence-corrected chi connectivity index (χ3v) is 4.01. The molecule has 0 aliphatic carbocycles. The minimum absolute atomic E-state index is 0.0353. The summed E-state index contributed by atoms with van der Waals surface area (Å²) in [6.45, 7) is 2.87. The van der Waals surface area contributed by atoms with E-state index in [1.54, 1.807) is 7.11 Å². The van der Waals surface area contributed by atoms with Crippen molar-refractivity contribution in [2.24, 2.45) is 11.7 Å². The average Bonchev–Trinajstić information content (AvgIpc) is 2.98. The number of aromatic nitrogens is 1. The van der Waals surface area contributed by atoms with Crippen molar-refractivity contribution >= 4 is 17.2 Å². The van der Waals surface area contributed by atoms with E-state index in [1.165, 1.54) is 11.3 Å². The molecule has 0 saturated carbocycles. The highest BCUT2D eigenvalue weighted by atomic mass is 32.1. The molecule has 1 fully saturated rings. The summed E-state index contributed by atoms with van der Waals surface area (Å²) >= 11 is 1.51. The van der Waals surface area contributed by atoms with E-state index in [1.807, 2.05) is 10.3 Å². The number of amides is 1. The Morgan fingerprint density at radius 1 is 1.72 bits per heavy atom. The van der Waals surface area contributed by atoms with Gasteiger partial charge in [0.15, 0.2) is 0 Å². The molecule has 100 valence electrons. The zero-order valence-electron chi connectivity index (χ0n) is 10.6. The zero-order valence-corrected chi connectivity index (χ0v) is 11.4. The number of carbonyl (C=O) groups is 1. The highest BCUT2D eigenvalue weighted by molar-refractivity contribution is 7.09. The molecule has 1 saturated heterocycles. The fourth-order valence-corrected chi connectivity index (χ4v) is 2.99. The van der Waals surface area contributed by atoms with Gasteiger partial charge in [-0.05, 0) is 13.0 Å². The summed E-state index contributed by atoms with van der Waals surface area (Å²) in [5, 5.41) is 2.77.